The van der Waals surface area contributed by atoms with Gasteiger partial charge in [-0.05, 0) is 118 Å². The number of benzene rings is 2. The number of carbonyl (C=O) groups excluding carboxylic acids is 2. The molecule has 0 spiro atoms. The first-order valence-corrected chi connectivity index (χ1v) is 20.6. The minimum atomic E-state index is -4.12. The number of sulfone groups is 1. The Morgan fingerprint density at radius 3 is 2.31 bits per heavy atom. The highest BCUT2D eigenvalue weighted by molar-refractivity contribution is 7.91. The van der Waals surface area contributed by atoms with Crippen LogP contribution in [0, 0.1) is 23.5 Å². The Morgan fingerprint density at radius 2 is 1.69 bits per heavy atom. The van der Waals surface area contributed by atoms with Crippen molar-refractivity contribution in [2.24, 2.45) is 11.8 Å². The standard InChI is InChI=1S/C40H49F3N6O5S/c1-44-37(50)35-12-10-31(22-45-35)55(52,53)30-11-13-36(33(42)21-30)49-24-39(43,25-49)23-48-18-14-27(15-19-48)40(26-47-16-5-17-47,28-6-3-7-29(41)20-28)32-8-4-9-34(32)46-38(51)54-2/h3,6-7,10-13,20-22,27,32,34H,4-5,8-9,14-19,23-26H2,1-2H3,(H,44,50)(H,46,51)/t32-,34-,40?/m0/s1. The van der Waals surface area contributed by atoms with E-state index in [4.69, 9.17) is 4.74 Å². The molecule has 2 aromatic carbocycles. The second-order valence-electron chi connectivity index (χ2n) is 15.6. The van der Waals surface area contributed by atoms with Crippen molar-refractivity contribution in [3.8, 4) is 0 Å². The van der Waals surface area contributed by atoms with Gasteiger partial charge in [0.05, 0.1) is 35.7 Å². The van der Waals surface area contributed by atoms with Crippen LogP contribution in [0.1, 0.15) is 54.6 Å². The van der Waals surface area contributed by atoms with Crippen LogP contribution in [-0.4, -0.2) is 113 Å². The summed E-state index contributed by atoms with van der Waals surface area (Å²) in [4.78, 5) is 33.9. The highest BCUT2D eigenvalue weighted by Crippen LogP contribution is 2.52. The maximum absolute atomic E-state index is 16.2. The Morgan fingerprint density at radius 1 is 0.945 bits per heavy atom. The van der Waals surface area contributed by atoms with Crippen LogP contribution in [0.3, 0.4) is 0 Å². The van der Waals surface area contributed by atoms with E-state index < -0.39 is 38.7 Å². The molecule has 4 aliphatic rings. The molecule has 4 heterocycles. The van der Waals surface area contributed by atoms with Crippen molar-refractivity contribution in [2.45, 2.75) is 65.4 Å². The molecule has 0 bridgehead atoms. The summed E-state index contributed by atoms with van der Waals surface area (Å²) in [6.45, 7) is 4.12. The number of methoxy groups -OCH3 is 1. The number of aromatic nitrogens is 1. The molecule has 1 unspecified atom stereocenters. The van der Waals surface area contributed by atoms with Crippen molar-refractivity contribution in [1.82, 2.24) is 25.4 Å². The zero-order chi connectivity index (χ0) is 39.0. The fourth-order valence-corrected chi connectivity index (χ4v) is 10.7. The molecular formula is C40H49F3N6O5S. The van der Waals surface area contributed by atoms with Crippen LogP contribution in [0.5, 0.6) is 0 Å². The molecule has 2 N–H and O–H groups in total. The van der Waals surface area contributed by atoms with Gasteiger partial charge in [-0.1, -0.05) is 18.6 Å². The highest BCUT2D eigenvalue weighted by atomic mass is 32.2. The summed E-state index contributed by atoms with van der Waals surface area (Å²) in [5.74, 6) is -1.29. The van der Waals surface area contributed by atoms with Gasteiger partial charge in [-0.3, -0.25) is 9.69 Å². The van der Waals surface area contributed by atoms with Gasteiger partial charge in [0.1, 0.15) is 17.3 Å². The summed E-state index contributed by atoms with van der Waals surface area (Å²) in [5.41, 5.74) is -0.891. The smallest absolute Gasteiger partial charge is 0.407 e. The van der Waals surface area contributed by atoms with Crippen molar-refractivity contribution < 1.29 is 35.9 Å². The first-order valence-electron chi connectivity index (χ1n) is 19.1. The van der Waals surface area contributed by atoms with Gasteiger partial charge in [0, 0.05) is 37.8 Å². The lowest BCUT2D eigenvalue weighted by Crippen LogP contribution is -2.65. The van der Waals surface area contributed by atoms with Gasteiger partial charge in [0.25, 0.3) is 5.91 Å². The van der Waals surface area contributed by atoms with E-state index in [9.17, 15) is 22.4 Å². The van der Waals surface area contributed by atoms with Crippen molar-refractivity contribution >= 4 is 27.5 Å². The van der Waals surface area contributed by atoms with Crippen LogP contribution in [0.2, 0.25) is 0 Å². The van der Waals surface area contributed by atoms with Crippen LogP contribution in [0.15, 0.2) is 70.6 Å². The number of carbonyl (C=O) groups is 2. The minimum Gasteiger partial charge on any atom is -0.453 e. The first kappa shape index (κ1) is 39.0. The minimum absolute atomic E-state index is 0.0358. The van der Waals surface area contributed by atoms with Gasteiger partial charge in [-0.2, -0.15) is 0 Å². The number of nitrogens with zero attached hydrogens (tertiary/aromatic N) is 4. The summed E-state index contributed by atoms with van der Waals surface area (Å²) in [6.07, 6.45) is 5.93. The largest absolute Gasteiger partial charge is 0.453 e. The lowest BCUT2D eigenvalue weighted by Gasteiger charge is -2.54. The van der Waals surface area contributed by atoms with Crippen LogP contribution >= 0.6 is 0 Å². The average Bonchev–Trinajstić information content (AvgIpc) is 3.62. The highest BCUT2D eigenvalue weighted by Gasteiger charge is 2.54. The molecule has 55 heavy (non-hydrogen) atoms. The fourth-order valence-electron chi connectivity index (χ4n) is 9.50. The SMILES string of the molecule is CNC(=O)c1ccc(S(=O)(=O)c2ccc(N3CC(F)(CN4CCC(C(CN5CCC5)(c5cccc(F)c5)[C@H]5CCC[C@@H]5NC(=O)OC)CC4)C3)c(F)c2)cn1. The van der Waals surface area contributed by atoms with Gasteiger partial charge in [0.15, 0.2) is 5.67 Å². The number of anilines is 1. The van der Waals surface area contributed by atoms with Crippen LogP contribution < -0.4 is 15.5 Å². The van der Waals surface area contributed by atoms with E-state index in [1.54, 1.807) is 17.0 Å². The molecule has 296 valence electrons. The lowest BCUT2D eigenvalue weighted by atomic mass is 9.57. The molecule has 3 atom stereocenters. The van der Waals surface area contributed by atoms with Crippen molar-refractivity contribution in [1.29, 1.82) is 0 Å². The second-order valence-corrected chi connectivity index (χ2v) is 17.5. The predicted molar refractivity (Wildman–Crippen MR) is 200 cm³/mol. The Kier molecular flexibility index (Phi) is 11.2. The van der Waals surface area contributed by atoms with E-state index in [1.807, 2.05) is 6.07 Å². The Balaban J connectivity index is 1.03. The number of hydrogen-bond acceptors (Lipinski definition) is 9. The number of nitrogens with one attached hydrogen (secondary N) is 2. The quantitative estimate of drug-likeness (QED) is 0.263. The van der Waals surface area contributed by atoms with Gasteiger partial charge >= 0.3 is 6.09 Å². The van der Waals surface area contributed by atoms with Gasteiger partial charge in [0.2, 0.25) is 9.84 Å². The van der Waals surface area contributed by atoms with Crippen molar-refractivity contribution in [3.05, 3.63) is 83.7 Å². The number of halogens is 3. The van der Waals surface area contributed by atoms with E-state index in [0.717, 1.165) is 76.0 Å². The van der Waals surface area contributed by atoms with Crippen molar-refractivity contribution in [3.63, 3.8) is 0 Å². The van der Waals surface area contributed by atoms with Crippen LogP contribution in [0.25, 0.3) is 0 Å². The Bertz CT molecular complexity index is 1990. The molecule has 15 heteroatoms. The molecule has 11 nitrogen and oxygen atoms in total. The van der Waals surface area contributed by atoms with Gasteiger partial charge in [-0.25, -0.2) is 31.4 Å². The zero-order valence-electron chi connectivity index (χ0n) is 31.3. The number of ether oxygens (including phenoxy) is 1. The summed E-state index contributed by atoms with van der Waals surface area (Å²) in [6, 6.07) is 12.9. The van der Waals surface area contributed by atoms with E-state index >= 15 is 8.78 Å². The number of amides is 2. The number of rotatable bonds is 12. The third-order valence-corrected chi connectivity index (χ3v) is 14.0. The molecule has 7 rings (SSSR count). The van der Waals surface area contributed by atoms with Gasteiger partial charge < -0.3 is 25.2 Å². The third kappa shape index (κ3) is 7.79. The predicted octanol–water partition coefficient (Wildman–Crippen LogP) is 4.96. The van der Waals surface area contributed by atoms with E-state index in [0.29, 0.717) is 13.1 Å². The maximum atomic E-state index is 16.2. The molecule has 3 aliphatic heterocycles. The summed E-state index contributed by atoms with van der Waals surface area (Å²) < 4.78 is 78.0. The van der Waals surface area contributed by atoms with Gasteiger partial charge in [-0.15, -0.1) is 0 Å². The fraction of sp³-hybridized carbons (Fsp3) is 0.525. The molecule has 1 aliphatic carbocycles. The van der Waals surface area contributed by atoms with E-state index in [2.05, 4.69) is 25.4 Å². The molecule has 3 saturated heterocycles. The number of hydrogen-bond donors (Lipinski definition) is 2. The van der Waals surface area contributed by atoms with E-state index in [1.165, 1.54) is 44.5 Å². The third-order valence-electron chi connectivity index (χ3n) is 12.3. The zero-order valence-corrected chi connectivity index (χ0v) is 32.1. The maximum Gasteiger partial charge on any atom is 0.407 e. The molecule has 1 aromatic heterocycles. The first-order chi connectivity index (χ1) is 26.3. The second kappa shape index (κ2) is 15.7. The Hall–Kier alpha value is -4.21. The number of piperidine rings is 1. The lowest BCUT2D eigenvalue weighted by molar-refractivity contribution is 0.00575. The average molecular weight is 783 g/mol. The number of pyridine rings is 1. The summed E-state index contributed by atoms with van der Waals surface area (Å²) >= 11 is 0. The normalized spacial score (nSPS) is 23.0. The van der Waals surface area contributed by atoms with Crippen molar-refractivity contribution in [2.75, 3.05) is 71.4 Å². The van der Waals surface area contributed by atoms with Crippen LogP contribution in [-0.2, 0) is 20.0 Å². The molecule has 4 fully saturated rings. The molecule has 1 saturated carbocycles. The van der Waals surface area contributed by atoms with E-state index in [-0.39, 0.29) is 64.5 Å². The number of alkyl halides is 1. The molecular weight excluding hydrogens is 734 g/mol. The Labute approximate surface area is 320 Å². The van der Waals surface area contributed by atoms with Crippen LogP contribution in [0.4, 0.5) is 23.7 Å². The number of alkyl carbamates (subject to hydrolysis) is 1. The molecule has 2 amide bonds. The topological polar surface area (TPSA) is 124 Å². The number of likely N-dealkylation sites (tertiary alicyclic amines) is 2. The summed E-state index contributed by atoms with van der Waals surface area (Å²) in [5, 5.41) is 5.52. The molecule has 3 aromatic rings. The monoisotopic (exact) mass is 782 g/mol. The molecule has 0 radical (unpaired) electrons. The summed E-state index contributed by atoms with van der Waals surface area (Å²) in [7, 11) is -1.32.